The molecule has 43 heavy (non-hydrogen) atoms. The number of likely N-dealkylation sites (tertiary alicyclic amines) is 1. The zero-order chi connectivity index (χ0) is 30.9. The maximum absolute atomic E-state index is 14.1. The standard InChI is InChI=1S/C30H38FN3O8S/c1-19(2)41-28-9-8-20(31)14-25(28)33-12-10-32(11-13-33)17-21(42-43(39,40)22-6-4-3-5-7-22)18-34-29(37)23-15-26(35)27(36)16-24(23)30(34)38/h3-9,14,19,21,23-24,26-27,35-36H,10-13,15-18H2,1-2H3. The number of halogens is 1. The second-order valence-electron chi connectivity index (χ2n) is 11.7. The first-order valence-electron chi connectivity index (χ1n) is 14.6. The van der Waals surface area contributed by atoms with Gasteiger partial charge >= 0.3 is 0 Å². The highest BCUT2D eigenvalue weighted by molar-refractivity contribution is 7.86. The fourth-order valence-electron chi connectivity index (χ4n) is 6.09. The Morgan fingerprint density at radius 3 is 2.09 bits per heavy atom. The van der Waals surface area contributed by atoms with Gasteiger partial charge in [-0.3, -0.25) is 23.6 Å². The van der Waals surface area contributed by atoms with Crippen LogP contribution in [0.5, 0.6) is 5.75 Å². The van der Waals surface area contributed by atoms with Gasteiger partial charge in [0, 0.05) is 38.8 Å². The van der Waals surface area contributed by atoms with Crippen LogP contribution in [0.4, 0.5) is 10.1 Å². The summed E-state index contributed by atoms with van der Waals surface area (Å²) in [5.74, 6) is -2.35. The first-order chi connectivity index (χ1) is 20.4. The van der Waals surface area contributed by atoms with Crippen LogP contribution in [0.3, 0.4) is 0 Å². The molecule has 5 unspecified atom stereocenters. The summed E-state index contributed by atoms with van der Waals surface area (Å²) in [4.78, 5) is 31.4. The highest BCUT2D eigenvalue weighted by Gasteiger charge is 2.52. The number of amides is 2. The molecule has 2 aromatic carbocycles. The predicted octanol–water partition coefficient (Wildman–Crippen LogP) is 1.63. The van der Waals surface area contributed by atoms with Crippen LogP contribution in [0.25, 0.3) is 0 Å². The third-order valence-electron chi connectivity index (χ3n) is 8.23. The molecule has 5 atom stereocenters. The van der Waals surface area contributed by atoms with E-state index in [2.05, 4.69) is 0 Å². The van der Waals surface area contributed by atoms with Crippen molar-refractivity contribution in [2.75, 3.05) is 44.2 Å². The molecule has 2 amide bonds. The van der Waals surface area contributed by atoms with E-state index in [9.17, 15) is 32.6 Å². The second-order valence-corrected chi connectivity index (χ2v) is 13.2. The van der Waals surface area contributed by atoms with Crippen molar-refractivity contribution in [3.63, 3.8) is 0 Å². The maximum Gasteiger partial charge on any atom is 0.297 e. The van der Waals surface area contributed by atoms with Gasteiger partial charge in [-0.2, -0.15) is 8.42 Å². The minimum absolute atomic E-state index is 0.0364. The molecular weight excluding hydrogens is 581 g/mol. The summed E-state index contributed by atoms with van der Waals surface area (Å²) in [6, 6.07) is 12.0. The number of anilines is 1. The summed E-state index contributed by atoms with van der Waals surface area (Å²) >= 11 is 0. The number of imide groups is 1. The van der Waals surface area contributed by atoms with Crippen molar-refractivity contribution in [3.05, 3.63) is 54.3 Å². The van der Waals surface area contributed by atoms with Crippen LogP contribution in [0.1, 0.15) is 26.7 Å². The quantitative estimate of drug-likeness (QED) is 0.298. The first-order valence-corrected chi connectivity index (χ1v) is 16.0. The van der Waals surface area contributed by atoms with Gasteiger partial charge in [-0.05, 0) is 51.0 Å². The van der Waals surface area contributed by atoms with Crippen molar-refractivity contribution < 1.29 is 41.5 Å². The number of aliphatic hydroxyl groups is 2. The molecule has 1 saturated carbocycles. The molecule has 3 aliphatic rings. The smallest absolute Gasteiger partial charge is 0.297 e. The third kappa shape index (κ3) is 7.01. The van der Waals surface area contributed by atoms with Gasteiger partial charge in [0.1, 0.15) is 17.7 Å². The summed E-state index contributed by atoms with van der Waals surface area (Å²) in [6.07, 6.45) is -3.46. The SMILES string of the molecule is CC(C)Oc1ccc(F)cc1N1CCN(CC(CN2C(=O)C3CC(O)C(O)CC3C2=O)OS(=O)(=O)c2ccccc2)CC1. The number of fused-ring (bicyclic) bond motifs is 1. The predicted molar refractivity (Wildman–Crippen MR) is 154 cm³/mol. The van der Waals surface area contributed by atoms with Crippen molar-refractivity contribution in [1.29, 1.82) is 0 Å². The number of benzene rings is 2. The number of carbonyl (C=O) groups is 2. The van der Waals surface area contributed by atoms with Gasteiger partial charge in [0.15, 0.2) is 0 Å². The van der Waals surface area contributed by atoms with Gasteiger partial charge in [0.05, 0.1) is 47.3 Å². The summed E-state index contributed by atoms with van der Waals surface area (Å²) in [5, 5.41) is 20.2. The minimum Gasteiger partial charge on any atom is -0.489 e. The van der Waals surface area contributed by atoms with Crippen LogP contribution in [-0.2, 0) is 23.9 Å². The number of nitrogens with zero attached hydrogens (tertiary/aromatic N) is 3. The first kappa shape index (κ1) is 31.3. The van der Waals surface area contributed by atoms with Crippen LogP contribution in [0.2, 0.25) is 0 Å². The Balaban J connectivity index is 1.32. The fourth-order valence-corrected chi connectivity index (χ4v) is 7.17. The minimum atomic E-state index is -4.23. The van der Waals surface area contributed by atoms with E-state index in [4.69, 9.17) is 8.92 Å². The van der Waals surface area contributed by atoms with E-state index in [1.54, 1.807) is 24.3 Å². The summed E-state index contributed by atoms with van der Waals surface area (Å²) in [7, 11) is -4.23. The highest BCUT2D eigenvalue weighted by atomic mass is 32.2. The fraction of sp³-hybridized carbons (Fsp3) is 0.533. The Kier molecular flexibility index (Phi) is 9.37. The van der Waals surface area contributed by atoms with Crippen LogP contribution >= 0.6 is 0 Å². The number of piperazine rings is 1. The van der Waals surface area contributed by atoms with Gasteiger partial charge in [0.25, 0.3) is 10.1 Å². The Hall–Kier alpha value is -3.10. The van der Waals surface area contributed by atoms with Crippen molar-refractivity contribution >= 4 is 27.6 Å². The normalized spacial score (nSPS) is 25.7. The molecule has 2 aliphatic heterocycles. The zero-order valence-corrected chi connectivity index (χ0v) is 25.0. The molecular formula is C30H38FN3O8S. The molecule has 1 aliphatic carbocycles. The lowest BCUT2D eigenvalue weighted by Crippen LogP contribution is -2.51. The molecule has 0 radical (unpaired) electrons. The lowest BCUT2D eigenvalue weighted by atomic mass is 9.78. The van der Waals surface area contributed by atoms with Gasteiger partial charge in [0.2, 0.25) is 11.8 Å². The summed E-state index contributed by atoms with van der Waals surface area (Å²) < 4.78 is 52.1. The number of carbonyl (C=O) groups excluding carboxylic acids is 2. The molecule has 2 N–H and O–H groups in total. The van der Waals surface area contributed by atoms with E-state index in [-0.39, 0.29) is 42.7 Å². The lowest BCUT2D eigenvalue weighted by molar-refractivity contribution is -0.141. The molecule has 0 bridgehead atoms. The maximum atomic E-state index is 14.1. The third-order valence-corrected chi connectivity index (χ3v) is 9.60. The number of ether oxygens (including phenoxy) is 1. The van der Waals surface area contributed by atoms with Crippen LogP contribution in [-0.4, -0.2) is 104 Å². The molecule has 0 spiro atoms. The van der Waals surface area contributed by atoms with Crippen molar-refractivity contribution in [1.82, 2.24) is 9.80 Å². The van der Waals surface area contributed by atoms with Gasteiger partial charge in [-0.25, -0.2) is 4.39 Å². The summed E-state index contributed by atoms with van der Waals surface area (Å²) in [6.45, 7) is 5.56. The topological polar surface area (TPSA) is 137 Å². The molecule has 234 valence electrons. The lowest BCUT2D eigenvalue weighted by Gasteiger charge is -2.38. The van der Waals surface area contributed by atoms with Crippen LogP contribution < -0.4 is 9.64 Å². The van der Waals surface area contributed by atoms with E-state index < -0.39 is 52.1 Å². The molecule has 0 aromatic heterocycles. The van der Waals surface area contributed by atoms with Crippen molar-refractivity contribution in [3.8, 4) is 5.75 Å². The number of rotatable bonds is 10. The van der Waals surface area contributed by atoms with Gasteiger partial charge < -0.3 is 19.8 Å². The van der Waals surface area contributed by atoms with Crippen molar-refractivity contribution in [2.45, 2.75) is 56.0 Å². The van der Waals surface area contributed by atoms with Gasteiger partial charge in [-0.1, -0.05) is 18.2 Å². The number of hydrogen-bond acceptors (Lipinski definition) is 10. The Morgan fingerprint density at radius 1 is 0.907 bits per heavy atom. The Bertz CT molecular complexity index is 1390. The molecule has 2 saturated heterocycles. The highest BCUT2D eigenvalue weighted by Crippen LogP contribution is 2.39. The molecule has 11 nitrogen and oxygen atoms in total. The molecule has 13 heteroatoms. The molecule has 2 heterocycles. The zero-order valence-electron chi connectivity index (χ0n) is 24.2. The molecule has 3 fully saturated rings. The number of hydrogen-bond donors (Lipinski definition) is 2. The van der Waals surface area contributed by atoms with E-state index in [0.717, 1.165) is 4.90 Å². The van der Waals surface area contributed by atoms with Crippen LogP contribution in [0.15, 0.2) is 53.4 Å². The van der Waals surface area contributed by atoms with Crippen LogP contribution in [0, 0.1) is 17.7 Å². The Labute approximate surface area is 250 Å². The average Bonchev–Trinajstić information content (AvgIpc) is 3.18. The van der Waals surface area contributed by atoms with Crippen molar-refractivity contribution in [2.24, 2.45) is 11.8 Å². The average molecular weight is 620 g/mol. The van der Waals surface area contributed by atoms with E-state index in [0.29, 0.717) is 37.6 Å². The molecule has 5 rings (SSSR count). The second kappa shape index (κ2) is 12.9. The largest absolute Gasteiger partial charge is 0.489 e. The number of aliphatic hydroxyl groups excluding tert-OH is 2. The monoisotopic (exact) mass is 619 g/mol. The molecule has 2 aromatic rings. The summed E-state index contributed by atoms with van der Waals surface area (Å²) in [5.41, 5.74) is 0.632. The van der Waals surface area contributed by atoms with E-state index >= 15 is 0 Å². The Morgan fingerprint density at radius 2 is 1.51 bits per heavy atom. The van der Waals surface area contributed by atoms with Gasteiger partial charge in [-0.15, -0.1) is 0 Å². The van der Waals surface area contributed by atoms with E-state index in [1.165, 1.54) is 24.3 Å². The van der Waals surface area contributed by atoms with E-state index in [1.807, 2.05) is 23.6 Å².